The van der Waals surface area contributed by atoms with Crippen LogP contribution < -0.4 is 5.43 Å². The van der Waals surface area contributed by atoms with E-state index in [9.17, 15) is 18.4 Å². The van der Waals surface area contributed by atoms with E-state index in [0.717, 1.165) is 23.2 Å². The molecular weight excluding hydrogens is 433 g/mol. The van der Waals surface area contributed by atoms with Crippen LogP contribution in [0.4, 0.5) is 8.78 Å². The fourth-order valence-corrected chi connectivity index (χ4v) is 3.20. The Morgan fingerprint density at radius 2 is 1.53 bits per heavy atom. The Labute approximate surface area is 184 Å². The summed E-state index contributed by atoms with van der Waals surface area (Å²) in [6.07, 6.45) is 0. The van der Waals surface area contributed by atoms with Crippen molar-refractivity contribution in [1.82, 2.24) is 10.4 Å². The smallest absolute Gasteiger partial charge is 0.268 e. The average Bonchev–Trinajstić information content (AvgIpc) is 2.64. The average molecular weight is 455 g/mol. The second kappa shape index (κ2) is 9.14. The number of hydrazine groups is 1. The van der Waals surface area contributed by atoms with Crippen LogP contribution in [-0.4, -0.2) is 22.4 Å². The molecule has 0 aliphatic carbocycles. The largest absolute Gasteiger partial charge is 0.272 e. The van der Waals surface area contributed by atoms with E-state index in [1.807, 2.05) is 0 Å². The van der Waals surface area contributed by atoms with E-state index in [2.05, 4.69) is 5.43 Å². The van der Waals surface area contributed by atoms with Crippen molar-refractivity contribution >= 4 is 40.6 Å². The molecule has 0 unspecified atom stereocenters. The molecule has 160 valence electrons. The third kappa shape index (κ3) is 5.58. The van der Waals surface area contributed by atoms with Gasteiger partial charge in [0, 0.05) is 26.7 Å². The number of rotatable bonds is 3. The van der Waals surface area contributed by atoms with Crippen LogP contribution in [-0.2, 0) is 4.79 Å². The van der Waals surface area contributed by atoms with Gasteiger partial charge in [0.05, 0.1) is 5.54 Å². The standard InChI is InChI=1S/C22H22Cl2F2N2O2/c1-12(18-11-17(25)6-7-19(18)26)13(2)20(29)27-28(22(3,4)5)21(30)14-8-15(23)10-16(24)9-14/h6-11H,1-5H3,(H,27,29)/b13-12+. The molecule has 0 spiro atoms. The normalized spacial score (nSPS) is 12.3. The Morgan fingerprint density at radius 1 is 0.967 bits per heavy atom. The van der Waals surface area contributed by atoms with Crippen LogP contribution in [0, 0.1) is 11.6 Å². The molecule has 1 N–H and O–H groups in total. The molecular formula is C22H22Cl2F2N2O2. The first kappa shape index (κ1) is 23.8. The van der Waals surface area contributed by atoms with Gasteiger partial charge in [-0.1, -0.05) is 23.2 Å². The first-order valence-corrected chi connectivity index (χ1v) is 9.81. The third-order valence-corrected chi connectivity index (χ3v) is 4.87. The summed E-state index contributed by atoms with van der Waals surface area (Å²) in [5, 5.41) is 1.70. The highest BCUT2D eigenvalue weighted by molar-refractivity contribution is 6.35. The Morgan fingerprint density at radius 3 is 2.07 bits per heavy atom. The SMILES string of the molecule is C/C(C(=O)NN(C(=O)c1cc(Cl)cc(Cl)c1)C(C)(C)C)=C(/C)c1cc(F)ccc1F. The summed E-state index contributed by atoms with van der Waals surface area (Å²) in [4.78, 5) is 25.9. The molecule has 0 heterocycles. The molecule has 2 aromatic rings. The molecule has 30 heavy (non-hydrogen) atoms. The summed E-state index contributed by atoms with van der Waals surface area (Å²) in [5.74, 6) is -2.43. The zero-order valence-corrected chi connectivity index (χ0v) is 18.8. The first-order chi connectivity index (χ1) is 13.8. The van der Waals surface area contributed by atoms with Crippen molar-refractivity contribution in [3.63, 3.8) is 0 Å². The highest BCUT2D eigenvalue weighted by Crippen LogP contribution is 2.25. The summed E-state index contributed by atoms with van der Waals surface area (Å²) in [5.41, 5.74) is 2.30. The van der Waals surface area contributed by atoms with Crippen LogP contribution in [0.1, 0.15) is 50.5 Å². The third-order valence-electron chi connectivity index (χ3n) is 4.43. The van der Waals surface area contributed by atoms with Gasteiger partial charge in [-0.05, 0) is 76.6 Å². The molecule has 0 aromatic heterocycles. The Hall–Kier alpha value is -2.44. The number of halogens is 4. The van der Waals surface area contributed by atoms with E-state index >= 15 is 0 Å². The van der Waals surface area contributed by atoms with E-state index < -0.39 is 29.0 Å². The van der Waals surface area contributed by atoms with Gasteiger partial charge in [0.1, 0.15) is 11.6 Å². The van der Waals surface area contributed by atoms with Crippen LogP contribution in [0.5, 0.6) is 0 Å². The van der Waals surface area contributed by atoms with Crippen LogP contribution in [0.15, 0.2) is 42.0 Å². The maximum atomic E-state index is 14.1. The van der Waals surface area contributed by atoms with Gasteiger partial charge in [0.2, 0.25) is 0 Å². The highest BCUT2D eigenvalue weighted by Gasteiger charge is 2.30. The van der Waals surface area contributed by atoms with E-state index in [1.54, 1.807) is 20.8 Å². The summed E-state index contributed by atoms with van der Waals surface area (Å²) < 4.78 is 27.6. The number of amides is 2. The van der Waals surface area contributed by atoms with Gasteiger partial charge in [0.25, 0.3) is 11.8 Å². The van der Waals surface area contributed by atoms with Crippen molar-refractivity contribution in [3.05, 3.63) is 74.8 Å². The first-order valence-electron chi connectivity index (χ1n) is 9.06. The second-order valence-corrected chi connectivity index (χ2v) is 8.66. The van der Waals surface area contributed by atoms with Crippen LogP contribution in [0.3, 0.4) is 0 Å². The van der Waals surface area contributed by atoms with E-state index in [-0.39, 0.29) is 32.3 Å². The number of hydrogen-bond acceptors (Lipinski definition) is 2. The van der Waals surface area contributed by atoms with Gasteiger partial charge >= 0.3 is 0 Å². The molecule has 2 aromatic carbocycles. The summed E-state index contributed by atoms with van der Waals surface area (Å²) in [6, 6.07) is 7.38. The molecule has 0 aliphatic rings. The molecule has 8 heteroatoms. The Balaban J connectivity index is 2.40. The zero-order chi connectivity index (χ0) is 22.8. The lowest BCUT2D eigenvalue weighted by molar-refractivity contribution is -0.123. The highest BCUT2D eigenvalue weighted by atomic mass is 35.5. The minimum atomic E-state index is -0.806. The minimum Gasteiger partial charge on any atom is -0.268 e. The second-order valence-electron chi connectivity index (χ2n) is 7.78. The van der Waals surface area contributed by atoms with Gasteiger partial charge in [-0.3, -0.25) is 15.0 Å². The number of hydrogen-bond donors (Lipinski definition) is 1. The van der Waals surface area contributed by atoms with Crippen LogP contribution in [0.2, 0.25) is 10.0 Å². The molecule has 0 saturated heterocycles. The quantitative estimate of drug-likeness (QED) is 0.454. The molecule has 0 aliphatic heterocycles. The zero-order valence-electron chi connectivity index (χ0n) is 17.2. The van der Waals surface area contributed by atoms with Crippen molar-refractivity contribution in [2.75, 3.05) is 0 Å². The lowest BCUT2D eigenvalue weighted by Gasteiger charge is -2.35. The molecule has 0 atom stereocenters. The minimum absolute atomic E-state index is 0.0297. The Kier molecular flexibility index (Phi) is 7.27. The summed E-state index contributed by atoms with van der Waals surface area (Å²) >= 11 is 12.0. The fourth-order valence-electron chi connectivity index (χ4n) is 2.67. The van der Waals surface area contributed by atoms with E-state index in [4.69, 9.17) is 23.2 Å². The number of carbonyl (C=O) groups excluding carboxylic acids is 2. The summed E-state index contributed by atoms with van der Waals surface area (Å²) in [6.45, 7) is 8.17. The summed E-state index contributed by atoms with van der Waals surface area (Å²) in [7, 11) is 0. The van der Waals surface area contributed by atoms with Crippen LogP contribution >= 0.6 is 23.2 Å². The van der Waals surface area contributed by atoms with E-state index in [1.165, 1.54) is 32.0 Å². The number of nitrogens with one attached hydrogen (secondary N) is 1. The molecule has 0 bridgehead atoms. The van der Waals surface area contributed by atoms with Crippen molar-refractivity contribution in [2.24, 2.45) is 0 Å². The molecule has 2 amide bonds. The fraction of sp³-hybridized carbons (Fsp3) is 0.273. The molecule has 0 fully saturated rings. The lowest BCUT2D eigenvalue weighted by Crippen LogP contribution is -2.56. The monoisotopic (exact) mass is 454 g/mol. The van der Waals surface area contributed by atoms with Crippen molar-refractivity contribution in [2.45, 2.75) is 40.2 Å². The maximum Gasteiger partial charge on any atom is 0.272 e. The number of nitrogens with zero attached hydrogens (tertiary/aromatic N) is 1. The van der Waals surface area contributed by atoms with Gasteiger partial charge in [-0.2, -0.15) is 0 Å². The number of benzene rings is 2. The molecule has 0 radical (unpaired) electrons. The maximum absolute atomic E-state index is 14.1. The van der Waals surface area contributed by atoms with Gasteiger partial charge in [0.15, 0.2) is 0 Å². The van der Waals surface area contributed by atoms with Crippen molar-refractivity contribution in [1.29, 1.82) is 0 Å². The Bertz CT molecular complexity index is 1010. The van der Waals surface area contributed by atoms with Crippen LogP contribution in [0.25, 0.3) is 5.57 Å². The molecule has 2 rings (SSSR count). The van der Waals surface area contributed by atoms with Gasteiger partial charge in [-0.15, -0.1) is 0 Å². The number of allylic oxidation sites excluding steroid dienone is 1. The molecule has 0 saturated carbocycles. The number of carbonyl (C=O) groups is 2. The van der Waals surface area contributed by atoms with Crippen molar-refractivity contribution in [3.8, 4) is 0 Å². The molecule has 4 nitrogen and oxygen atoms in total. The van der Waals surface area contributed by atoms with Gasteiger partial charge < -0.3 is 0 Å². The predicted molar refractivity (Wildman–Crippen MR) is 115 cm³/mol. The van der Waals surface area contributed by atoms with E-state index in [0.29, 0.717) is 0 Å². The lowest BCUT2D eigenvalue weighted by atomic mass is 10.0. The van der Waals surface area contributed by atoms with Crippen molar-refractivity contribution < 1.29 is 18.4 Å². The topological polar surface area (TPSA) is 49.4 Å². The van der Waals surface area contributed by atoms with Gasteiger partial charge in [-0.25, -0.2) is 13.8 Å². The predicted octanol–water partition coefficient (Wildman–Crippen LogP) is 6.04.